The zero-order chi connectivity index (χ0) is 29.0. The molecule has 10 atom stereocenters. The Morgan fingerprint density at radius 3 is 2.23 bits per heavy atom. The Balaban J connectivity index is 1.56. The highest BCUT2D eigenvalue weighted by atomic mass is 32.3. The monoisotopic (exact) mass is 592 g/mol. The first kappa shape index (κ1) is 31.3. The number of Topliss-reactive ketones (excluding diaryl/α,β-unsaturated/α-hetero) is 1. The van der Waals surface area contributed by atoms with Crippen LogP contribution >= 0.6 is 0 Å². The van der Waals surface area contributed by atoms with E-state index >= 15 is 0 Å². The van der Waals surface area contributed by atoms with Gasteiger partial charge in [-0.1, -0.05) is 40.5 Å². The summed E-state index contributed by atoms with van der Waals surface area (Å²) in [5.74, 6) is 0.294. The summed E-state index contributed by atoms with van der Waals surface area (Å²) in [6.45, 7) is 8.28. The third-order valence-electron chi connectivity index (χ3n) is 11.1. The average Bonchev–Trinajstić information content (AvgIpc) is 3.12. The lowest BCUT2D eigenvalue weighted by Crippen LogP contribution is -2.61. The lowest BCUT2D eigenvalue weighted by Gasteiger charge is -2.61. The van der Waals surface area contributed by atoms with Crippen molar-refractivity contribution in [2.75, 3.05) is 6.61 Å². The molecule has 0 saturated heterocycles. The number of fused-ring (bicyclic) bond motifs is 5. The normalized spacial score (nSPS) is 41.6. The Hall–Kier alpha value is -0.630. The molecule has 0 aromatic carbocycles. The van der Waals surface area contributed by atoms with Crippen molar-refractivity contribution in [3.8, 4) is 0 Å². The Labute approximate surface area is 233 Å². The van der Waals surface area contributed by atoms with Gasteiger partial charge >= 0.3 is 0 Å². The molecular weight excluding hydrogens is 548 g/mol. The Bertz CT molecular complexity index is 1120. The third-order valence-corrected chi connectivity index (χ3v) is 12.0. The number of carbonyl (C=O) groups is 1. The van der Waals surface area contributed by atoms with E-state index in [0.29, 0.717) is 31.6 Å². The lowest BCUT2D eigenvalue weighted by atomic mass is 9.43. The minimum absolute atomic E-state index is 0.0591. The first-order valence-corrected chi connectivity index (χ1v) is 17.1. The van der Waals surface area contributed by atoms with E-state index in [1.165, 1.54) is 0 Å². The number of aliphatic hydroxyl groups is 1. The molecule has 1 N–H and O–H groups in total. The van der Waals surface area contributed by atoms with Gasteiger partial charge in [0, 0.05) is 12.3 Å². The maximum absolute atomic E-state index is 14.0. The molecule has 0 radical (unpaired) electrons. The fourth-order valence-corrected chi connectivity index (χ4v) is 10.4. The first-order chi connectivity index (χ1) is 18.0. The number of aliphatic hydroxyl groups excluding tert-OH is 1. The Morgan fingerprint density at radius 1 is 0.949 bits per heavy atom. The second-order valence-electron chi connectivity index (χ2n) is 13.6. The van der Waals surface area contributed by atoms with Crippen LogP contribution in [0.4, 0.5) is 0 Å². The van der Waals surface area contributed by atoms with Crippen molar-refractivity contribution in [3.05, 3.63) is 0 Å². The van der Waals surface area contributed by atoms with Crippen LogP contribution in [-0.2, 0) is 34.0 Å². The van der Waals surface area contributed by atoms with Crippen molar-refractivity contribution in [3.63, 3.8) is 0 Å². The minimum Gasteiger partial charge on any atom is -0.726 e. The van der Waals surface area contributed by atoms with Crippen LogP contribution in [0.1, 0.15) is 91.9 Å². The lowest BCUT2D eigenvalue weighted by molar-refractivity contribution is -0.179. The molecule has 4 aliphatic rings. The van der Waals surface area contributed by atoms with E-state index in [2.05, 4.69) is 25.0 Å². The molecule has 0 aromatic rings. The molecule has 0 amide bonds. The zero-order valence-corrected chi connectivity index (χ0v) is 25.0. The number of rotatable bonds is 10. The average molecular weight is 593 g/mol. The van der Waals surface area contributed by atoms with Gasteiger partial charge in [-0.15, -0.1) is 0 Å². The molecule has 4 saturated carbocycles. The second kappa shape index (κ2) is 11.2. The van der Waals surface area contributed by atoms with Gasteiger partial charge in [0.15, 0.2) is 0 Å². The van der Waals surface area contributed by atoms with Crippen molar-refractivity contribution in [1.82, 2.24) is 0 Å². The molecule has 4 fully saturated rings. The van der Waals surface area contributed by atoms with Crippen LogP contribution in [0.15, 0.2) is 0 Å². The molecule has 12 heteroatoms. The van der Waals surface area contributed by atoms with Gasteiger partial charge in [-0.2, -0.15) is 0 Å². The molecule has 0 bridgehead atoms. The highest BCUT2D eigenvalue weighted by Gasteiger charge is 2.65. The van der Waals surface area contributed by atoms with Crippen molar-refractivity contribution in [2.45, 2.75) is 104 Å². The van der Waals surface area contributed by atoms with Crippen LogP contribution in [0.3, 0.4) is 0 Å². The van der Waals surface area contributed by atoms with E-state index in [1.54, 1.807) is 0 Å². The number of ketones is 1. The van der Waals surface area contributed by atoms with Gasteiger partial charge in [0.1, 0.15) is 11.9 Å². The van der Waals surface area contributed by atoms with Crippen molar-refractivity contribution >= 4 is 26.6 Å². The fraction of sp³-hybridized carbons (Fsp3) is 0.963. The van der Waals surface area contributed by atoms with E-state index in [4.69, 9.17) is 4.18 Å². The van der Waals surface area contributed by atoms with E-state index in [-0.39, 0.29) is 59.7 Å². The summed E-state index contributed by atoms with van der Waals surface area (Å²) in [6.07, 6.45) is 4.47. The summed E-state index contributed by atoms with van der Waals surface area (Å²) >= 11 is 0. The number of carbonyl (C=O) groups excluding carboxylic acids is 1. The van der Waals surface area contributed by atoms with Crippen LogP contribution in [0.25, 0.3) is 0 Å². The number of hydrogen-bond donors (Lipinski definition) is 1. The third kappa shape index (κ3) is 6.41. The SMILES string of the molecule is CC(C)CCC[C@@H](COS(=O)(=O)[O-])[C@H]1CC[C@H]2[C@@H]3CC[C@@H]4[C@H](O)[C@H](OS(=O)(=O)[O-])CC[C@]4(C)[C@H]3C(=O)C[C@]12C. The molecule has 10 nitrogen and oxygen atoms in total. The molecule has 0 aliphatic heterocycles. The maximum atomic E-state index is 14.0. The van der Waals surface area contributed by atoms with Gasteiger partial charge in [0.25, 0.3) is 0 Å². The molecule has 226 valence electrons. The topological polar surface area (TPSA) is 170 Å². The highest BCUT2D eigenvalue weighted by Crippen LogP contribution is 2.67. The van der Waals surface area contributed by atoms with Gasteiger partial charge in [-0.25, -0.2) is 16.8 Å². The predicted molar refractivity (Wildman–Crippen MR) is 139 cm³/mol. The Morgan fingerprint density at radius 2 is 1.62 bits per heavy atom. The quantitative estimate of drug-likeness (QED) is 0.292. The predicted octanol–water partition coefficient (Wildman–Crippen LogP) is 3.56. The summed E-state index contributed by atoms with van der Waals surface area (Å²) in [6, 6.07) is 0. The molecule has 0 spiro atoms. The molecule has 0 unspecified atom stereocenters. The molecule has 39 heavy (non-hydrogen) atoms. The summed E-state index contributed by atoms with van der Waals surface area (Å²) in [5.41, 5.74) is -0.864. The van der Waals surface area contributed by atoms with E-state index in [9.17, 15) is 35.8 Å². The van der Waals surface area contributed by atoms with Crippen molar-refractivity contribution in [1.29, 1.82) is 0 Å². The van der Waals surface area contributed by atoms with Crippen molar-refractivity contribution in [2.24, 2.45) is 52.3 Å². The van der Waals surface area contributed by atoms with Gasteiger partial charge in [0.2, 0.25) is 20.8 Å². The van der Waals surface area contributed by atoms with Crippen LogP contribution in [-0.4, -0.2) is 55.6 Å². The zero-order valence-electron chi connectivity index (χ0n) is 23.4. The van der Waals surface area contributed by atoms with E-state index < -0.39 is 38.4 Å². The maximum Gasteiger partial charge on any atom is 0.217 e. The molecule has 4 aliphatic carbocycles. The summed E-state index contributed by atoms with van der Waals surface area (Å²) in [4.78, 5) is 14.0. The second-order valence-corrected chi connectivity index (χ2v) is 15.7. The highest BCUT2D eigenvalue weighted by molar-refractivity contribution is 7.81. The summed E-state index contributed by atoms with van der Waals surface area (Å²) < 4.78 is 77.0. The summed E-state index contributed by atoms with van der Waals surface area (Å²) in [7, 11) is -9.77. The van der Waals surface area contributed by atoms with Gasteiger partial charge in [0.05, 0.1) is 12.7 Å². The molecule has 0 heterocycles. The van der Waals surface area contributed by atoms with Crippen molar-refractivity contribution < 1.29 is 44.2 Å². The molecule has 4 rings (SSSR count). The summed E-state index contributed by atoms with van der Waals surface area (Å²) in [5, 5.41) is 11.0. The van der Waals surface area contributed by atoms with Gasteiger partial charge < -0.3 is 14.2 Å². The van der Waals surface area contributed by atoms with Crippen LogP contribution in [0.5, 0.6) is 0 Å². The van der Waals surface area contributed by atoms with Gasteiger partial charge in [-0.05, 0) is 91.3 Å². The molecule has 0 aromatic heterocycles. The number of hydrogen-bond acceptors (Lipinski definition) is 10. The van der Waals surface area contributed by atoms with Crippen LogP contribution < -0.4 is 0 Å². The largest absolute Gasteiger partial charge is 0.726 e. The first-order valence-electron chi connectivity index (χ1n) is 14.4. The Kier molecular flexibility index (Phi) is 9.01. The van der Waals surface area contributed by atoms with Crippen LogP contribution in [0.2, 0.25) is 0 Å². The van der Waals surface area contributed by atoms with Gasteiger partial charge in [-0.3, -0.25) is 13.2 Å². The minimum atomic E-state index is -4.95. The van der Waals surface area contributed by atoms with E-state index in [1.807, 2.05) is 6.92 Å². The standard InChI is InChI=1S/C27H46O10S2/c1-16(2)6-5-7-17(15-36-38(30,31)32)19-10-11-20-18-8-9-21-25(29)23(37-39(33,34)35)12-13-26(21,3)24(18)22(28)14-27(19,20)4/h16-21,23-25,29H,5-15H2,1-4H3,(H,30,31,32)(H,33,34,35)/p-2/t17-,18-,19+,20-,21+,23+,24+,25-,26-,27+/m0/s1. The fourth-order valence-electron chi connectivity index (χ4n) is 9.55. The smallest absolute Gasteiger partial charge is 0.217 e. The van der Waals surface area contributed by atoms with Crippen LogP contribution in [0, 0.1) is 52.3 Å². The van der Waals surface area contributed by atoms with E-state index in [0.717, 1.165) is 32.1 Å². The molecular formula is C27H44O10S2-2.